The van der Waals surface area contributed by atoms with Crippen LogP contribution >= 0.6 is 40.1 Å². The summed E-state index contributed by atoms with van der Waals surface area (Å²) >= 11 is 4.85. The molecule has 2 aromatic rings. The molecule has 0 saturated carbocycles. The summed E-state index contributed by atoms with van der Waals surface area (Å²) < 4.78 is 11.8. The van der Waals surface area contributed by atoms with Crippen molar-refractivity contribution in [3.63, 3.8) is 0 Å². The molecule has 2 N–H and O–H groups in total. The van der Waals surface area contributed by atoms with Gasteiger partial charge in [0.2, 0.25) is 0 Å². The molecule has 0 aliphatic heterocycles. The summed E-state index contributed by atoms with van der Waals surface area (Å²) in [4.78, 5) is 4.22. The first-order chi connectivity index (χ1) is 9.74. The highest BCUT2D eigenvalue weighted by Crippen LogP contribution is 2.16. The number of furan rings is 1. The molecule has 2 rings (SSSR count). The Kier molecular flexibility index (Phi) is 8.34. The number of nitrogens with zero attached hydrogens (tertiary/aromatic N) is 1. The lowest BCUT2D eigenvalue weighted by molar-refractivity contribution is 0.344. The maximum absolute atomic E-state index is 5.80. The Morgan fingerprint density at radius 2 is 2.05 bits per heavy atom. The van der Waals surface area contributed by atoms with Crippen molar-refractivity contribution in [2.75, 3.05) is 12.4 Å². The van der Waals surface area contributed by atoms with E-state index in [2.05, 4.69) is 20.9 Å². The molecule has 0 spiro atoms. The van der Waals surface area contributed by atoms with E-state index in [9.17, 15) is 0 Å². The lowest BCUT2D eigenvalue weighted by atomic mass is 10.3. The van der Waals surface area contributed by atoms with E-state index in [1.165, 1.54) is 11.8 Å². The lowest BCUT2D eigenvalue weighted by Gasteiger charge is -2.05. The number of aliphatic imine (C=N–C) groups is 1. The molecule has 0 amide bonds. The van der Waals surface area contributed by atoms with Gasteiger partial charge in [0.15, 0.2) is 5.17 Å². The molecule has 0 radical (unpaired) electrons. The average Bonchev–Trinajstić information content (AvgIpc) is 2.96. The van der Waals surface area contributed by atoms with Crippen molar-refractivity contribution < 1.29 is 9.15 Å². The highest BCUT2D eigenvalue weighted by atomic mass is 79.9. The molecule has 1 heterocycles. The maximum atomic E-state index is 5.80. The summed E-state index contributed by atoms with van der Waals surface area (Å²) in [5.74, 6) is 2.41. The van der Waals surface area contributed by atoms with Crippen molar-refractivity contribution in [1.29, 1.82) is 0 Å². The zero-order valence-corrected chi connectivity index (χ0v) is 14.4. The molecule has 21 heavy (non-hydrogen) atoms. The molecule has 0 atom stereocenters. The van der Waals surface area contributed by atoms with E-state index in [-0.39, 0.29) is 12.4 Å². The summed E-state index contributed by atoms with van der Waals surface area (Å²) in [5.41, 5.74) is 5.80. The Morgan fingerprint density at radius 1 is 1.29 bits per heavy atom. The number of halogens is 2. The number of amidine groups is 1. The molecule has 1 aromatic heterocycles. The second-order valence-electron chi connectivity index (χ2n) is 3.88. The first-order valence-electron chi connectivity index (χ1n) is 6.07. The second-order valence-corrected chi connectivity index (χ2v) is 5.92. The quantitative estimate of drug-likeness (QED) is 0.458. The summed E-state index contributed by atoms with van der Waals surface area (Å²) in [5, 5.41) is 0.542. The van der Waals surface area contributed by atoms with Gasteiger partial charge in [0, 0.05) is 10.2 Å². The predicted octanol–water partition coefficient (Wildman–Crippen LogP) is 4.09. The average molecular weight is 392 g/mol. The standard InChI is InChI=1S/C14H15BrN2O2S.ClH/c15-11-3-5-12(6-4-11)19-8-9-20-14(16)17-10-13-2-1-7-18-13;/h1-7H,8-10H2,(H2,16,17);1H. The Labute approximate surface area is 142 Å². The van der Waals surface area contributed by atoms with Gasteiger partial charge in [-0.2, -0.15) is 0 Å². The van der Waals surface area contributed by atoms with Gasteiger partial charge in [-0.05, 0) is 36.4 Å². The van der Waals surface area contributed by atoms with Gasteiger partial charge in [-0.15, -0.1) is 12.4 Å². The molecule has 1 aromatic carbocycles. The number of ether oxygens (including phenoxy) is 1. The first kappa shape index (κ1) is 17.9. The fourth-order valence-electron chi connectivity index (χ4n) is 1.44. The van der Waals surface area contributed by atoms with Crippen LogP contribution in [0.1, 0.15) is 5.76 Å². The van der Waals surface area contributed by atoms with Crippen molar-refractivity contribution >= 4 is 45.3 Å². The van der Waals surface area contributed by atoms with Crippen molar-refractivity contribution in [3.8, 4) is 5.75 Å². The third-order valence-electron chi connectivity index (χ3n) is 2.39. The number of hydrogen-bond donors (Lipinski definition) is 1. The Balaban J connectivity index is 0.00000220. The summed E-state index contributed by atoms with van der Waals surface area (Å²) in [6, 6.07) is 11.4. The molecule has 114 valence electrons. The fourth-order valence-corrected chi connectivity index (χ4v) is 2.24. The van der Waals surface area contributed by atoms with E-state index in [0.29, 0.717) is 18.3 Å². The molecule has 0 unspecified atom stereocenters. The zero-order valence-electron chi connectivity index (χ0n) is 11.2. The van der Waals surface area contributed by atoms with Crippen LogP contribution in [0.2, 0.25) is 0 Å². The van der Waals surface area contributed by atoms with E-state index in [0.717, 1.165) is 21.7 Å². The smallest absolute Gasteiger partial charge is 0.154 e. The van der Waals surface area contributed by atoms with Crippen LogP contribution in [0, 0.1) is 0 Å². The molecular weight excluding hydrogens is 376 g/mol. The minimum atomic E-state index is 0. The molecular formula is C14H16BrClN2O2S. The minimum Gasteiger partial charge on any atom is -0.493 e. The van der Waals surface area contributed by atoms with Crippen LogP contribution in [0.25, 0.3) is 0 Å². The Bertz CT molecular complexity index is 547. The van der Waals surface area contributed by atoms with Crippen molar-refractivity contribution in [3.05, 3.63) is 52.9 Å². The highest BCUT2D eigenvalue weighted by molar-refractivity contribution is 9.10. The van der Waals surface area contributed by atoms with Gasteiger partial charge < -0.3 is 14.9 Å². The minimum absolute atomic E-state index is 0. The van der Waals surface area contributed by atoms with Gasteiger partial charge in [-0.25, -0.2) is 0 Å². The number of nitrogens with two attached hydrogens (primary N) is 1. The SMILES string of the molecule is Cl.NC(=NCc1ccco1)SCCOc1ccc(Br)cc1. The van der Waals surface area contributed by atoms with E-state index in [1.54, 1.807) is 6.26 Å². The van der Waals surface area contributed by atoms with Crippen LogP contribution in [0.15, 0.2) is 56.5 Å². The third-order valence-corrected chi connectivity index (χ3v) is 3.71. The largest absolute Gasteiger partial charge is 0.493 e. The summed E-state index contributed by atoms with van der Waals surface area (Å²) in [7, 11) is 0. The molecule has 0 bridgehead atoms. The molecule has 0 fully saturated rings. The van der Waals surface area contributed by atoms with E-state index in [4.69, 9.17) is 14.9 Å². The lowest BCUT2D eigenvalue weighted by Crippen LogP contribution is -2.10. The van der Waals surface area contributed by atoms with Crippen LogP contribution in [-0.4, -0.2) is 17.5 Å². The van der Waals surface area contributed by atoms with Crippen LogP contribution in [0.5, 0.6) is 5.75 Å². The Morgan fingerprint density at radius 3 is 2.71 bits per heavy atom. The first-order valence-corrected chi connectivity index (χ1v) is 7.85. The van der Waals surface area contributed by atoms with Gasteiger partial charge in [0.05, 0.1) is 19.4 Å². The fraction of sp³-hybridized carbons (Fsp3) is 0.214. The van der Waals surface area contributed by atoms with Crippen LogP contribution in [0.4, 0.5) is 0 Å². The summed E-state index contributed by atoms with van der Waals surface area (Å²) in [6.07, 6.45) is 1.63. The zero-order chi connectivity index (χ0) is 14.2. The molecule has 4 nitrogen and oxygen atoms in total. The second kappa shape index (κ2) is 9.76. The van der Waals surface area contributed by atoms with Gasteiger partial charge in [-0.1, -0.05) is 27.7 Å². The van der Waals surface area contributed by atoms with Crippen molar-refractivity contribution in [1.82, 2.24) is 0 Å². The van der Waals surface area contributed by atoms with Crippen LogP contribution in [0.3, 0.4) is 0 Å². The topological polar surface area (TPSA) is 60.8 Å². The van der Waals surface area contributed by atoms with Crippen molar-refractivity contribution in [2.45, 2.75) is 6.54 Å². The van der Waals surface area contributed by atoms with E-state index < -0.39 is 0 Å². The molecule has 7 heteroatoms. The number of benzene rings is 1. The van der Waals surface area contributed by atoms with E-state index in [1.807, 2.05) is 36.4 Å². The molecule has 0 saturated heterocycles. The Hall–Kier alpha value is -1.11. The monoisotopic (exact) mass is 390 g/mol. The normalized spacial score (nSPS) is 11.0. The van der Waals surface area contributed by atoms with Crippen LogP contribution < -0.4 is 10.5 Å². The van der Waals surface area contributed by atoms with Gasteiger partial charge >= 0.3 is 0 Å². The maximum Gasteiger partial charge on any atom is 0.154 e. The number of rotatable bonds is 6. The van der Waals surface area contributed by atoms with Crippen molar-refractivity contribution in [2.24, 2.45) is 10.7 Å². The van der Waals surface area contributed by atoms with Gasteiger partial charge in [-0.3, -0.25) is 4.99 Å². The van der Waals surface area contributed by atoms with Gasteiger partial charge in [0.1, 0.15) is 11.5 Å². The molecule has 0 aliphatic rings. The molecule has 0 aliphatic carbocycles. The van der Waals surface area contributed by atoms with Crippen LogP contribution in [-0.2, 0) is 6.54 Å². The number of thioether (sulfide) groups is 1. The summed E-state index contributed by atoms with van der Waals surface area (Å²) in [6.45, 7) is 1.06. The van der Waals surface area contributed by atoms with E-state index >= 15 is 0 Å². The predicted molar refractivity (Wildman–Crippen MR) is 93.4 cm³/mol. The highest BCUT2D eigenvalue weighted by Gasteiger charge is 1.98. The number of hydrogen-bond acceptors (Lipinski definition) is 4. The third kappa shape index (κ3) is 6.93. The van der Waals surface area contributed by atoms with Gasteiger partial charge in [0.25, 0.3) is 0 Å².